The van der Waals surface area contributed by atoms with Crippen molar-refractivity contribution in [2.75, 3.05) is 0 Å². The summed E-state index contributed by atoms with van der Waals surface area (Å²) in [5, 5.41) is 1.15. The molecule has 0 saturated carbocycles. The van der Waals surface area contributed by atoms with Crippen molar-refractivity contribution < 1.29 is 0 Å². The van der Waals surface area contributed by atoms with Crippen LogP contribution in [0.3, 0.4) is 0 Å². The van der Waals surface area contributed by atoms with E-state index in [0.717, 1.165) is 61.3 Å². The Bertz CT molecular complexity index is 1670. The Morgan fingerprint density at radius 3 is 2.25 bits per heavy atom. The molecule has 5 nitrogen and oxygen atoms in total. The molecule has 0 N–H and O–H groups in total. The van der Waals surface area contributed by atoms with Crippen LogP contribution < -0.4 is 0 Å². The smallest absolute Gasteiger partial charge is 0.140 e. The third kappa shape index (κ3) is 2.82. The molecule has 0 atom stereocenters. The van der Waals surface area contributed by atoms with Gasteiger partial charge in [-0.25, -0.2) is 9.97 Å². The van der Waals surface area contributed by atoms with Crippen LogP contribution in [-0.2, 0) is 14.1 Å². The number of aromatic nitrogens is 5. The van der Waals surface area contributed by atoms with Crippen LogP contribution in [0.1, 0.15) is 11.4 Å². The van der Waals surface area contributed by atoms with Gasteiger partial charge in [-0.05, 0) is 66.9 Å². The molecule has 0 unspecified atom stereocenters. The minimum Gasteiger partial charge on any atom is -0.331 e. The summed E-state index contributed by atoms with van der Waals surface area (Å²) in [5.41, 5.74) is 9.80. The molecule has 3 aromatic carbocycles. The van der Waals surface area contributed by atoms with Gasteiger partial charge in [0.2, 0.25) is 0 Å². The maximum atomic E-state index is 4.93. The highest BCUT2D eigenvalue weighted by Gasteiger charge is 2.13. The normalized spacial score (nSPS) is 11.8. The lowest BCUT2D eigenvalue weighted by Gasteiger charge is -2.06. The first-order valence-corrected chi connectivity index (χ1v) is 10.7. The predicted octanol–water partition coefficient (Wildman–Crippen LogP) is 5.96. The molecule has 0 bridgehead atoms. The van der Waals surface area contributed by atoms with E-state index in [1.165, 1.54) is 5.56 Å². The minimum absolute atomic E-state index is 0.942. The van der Waals surface area contributed by atoms with Gasteiger partial charge in [0.1, 0.15) is 11.6 Å². The van der Waals surface area contributed by atoms with E-state index in [0.29, 0.717) is 0 Å². The van der Waals surface area contributed by atoms with Crippen LogP contribution in [0.5, 0.6) is 0 Å². The zero-order chi connectivity index (χ0) is 22.0. The van der Waals surface area contributed by atoms with Crippen LogP contribution >= 0.6 is 0 Å². The van der Waals surface area contributed by atoms with E-state index in [4.69, 9.17) is 9.97 Å². The molecule has 3 aromatic heterocycles. The summed E-state index contributed by atoms with van der Waals surface area (Å²) < 4.78 is 4.28. The molecular weight excluding hydrogens is 394 g/mol. The predicted molar refractivity (Wildman–Crippen MR) is 131 cm³/mol. The fraction of sp³-hybridized carbons (Fsp3) is 0.148. The molecule has 0 amide bonds. The Balaban J connectivity index is 1.46. The Morgan fingerprint density at radius 1 is 0.625 bits per heavy atom. The number of aryl methyl sites for hydroxylation is 4. The third-order valence-electron chi connectivity index (χ3n) is 6.40. The van der Waals surface area contributed by atoms with Crippen molar-refractivity contribution in [1.82, 2.24) is 24.1 Å². The van der Waals surface area contributed by atoms with Gasteiger partial charge in [-0.2, -0.15) is 0 Å². The van der Waals surface area contributed by atoms with Crippen LogP contribution in [0.25, 0.3) is 55.5 Å². The van der Waals surface area contributed by atoms with E-state index in [2.05, 4.69) is 95.8 Å². The fourth-order valence-electron chi connectivity index (χ4n) is 4.50. The molecule has 0 fully saturated rings. The second-order valence-electron chi connectivity index (χ2n) is 8.54. The van der Waals surface area contributed by atoms with Gasteiger partial charge < -0.3 is 9.13 Å². The van der Waals surface area contributed by atoms with Gasteiger partial charge in [-0.1, -0.05) is 24.3 Å². The number of fused-ring (bicyclic) bond motifs is 3. The van der Waals surface area contributed by atoms with Gasteiger partial charge in [0.05, 0.1) is 27.6 Å². The molecule has 32 heavy (non-hydrogen) atoms. The first kappa shape index (κ1) is 18.8. The second-order valence-corrected chi connectivity index (χ2v) is 8.54. The molecule has 6 rings (SSSR count). The van der Waals surface area contributed by atoms with Crippen molar-refractivity contribution in [2.45, 2.75) is 13.8 Å². The van der Waals surface area contributed by atoms with Crippen molar-refractivity contribution in [3.63, 3.8) is 0 Å². The molecule has 6 aromatic rings. The Kier molecular flexibility index (Phi) is 3.96. The first-order chi connectivity index (χ1) is 15.5. The van der Waals surface area contributed by atoms with E-state index >= 15 is 0 Å². The highest BCUT2D eigenvalue weighted by molar-refractivity contribution is 5.90. The van der Waals surface area contributed by atoms with Crippen LogP contribution in [0.15, 0.2) is 66.9 Å². The largest absolute Gasteiger partial charge is 0.331 e. The van der Waals surface area contributed by atoms with Crippen LogP contribution in [-0.4, -0.2) is 24.1 Å². The van der Waals surface area contributed by atoms with Crippen molar-refractivity contribution in [3.05, 3.63) is 78.2 Å². The number of rotatable bonds is 2. The Labute approximate surface area is 186 Å². The van der Waals surface area contributed by atoms with Crippen molar-refractivity contribution in [1.29, 1.82) is 0 Å². The molecule has 0 saturated heterocycles. The zero-order valence-electron chi connectivity index (χ0n) is 18.6. The summed E-state index contributed by atoms with van der Waals surface area (Å²) in [6.07, 6.45) is 1.91. The molecule has 156 valence electrons. The number of nitrogens with zero attached hydrogens (tertiary/aromatic N) is 5. The SMILES string of the molecule is Cc1cnc2cc(-c3nc4ccc(-c5ccc6c(c5)nc(C)n6C)cc4n3C)ccc2c1. The van der Waals surface area contributed by atoms with E-state index in [-0.39, 0.29) is 0 Å². The second kappa shape index (κ2) is 6.76. The lowest BCUT2D eigenvalue weighted by atomic mass is 10.0. The van der Waals surface area contributed by atoms with Gasteiger partial charge in [-0.15, -0.1) is 0 Å². The van der Waals surface area contributed by atoms with Crippen molar-refractivity contribution in [2.24, 2.45) is 14.1 Å². The molecule has 5 heteroatoms. The lowest BCUT2D eigenvalue weighted by Crippen LogP contribution is -1.93. The number of hydrogen-bond donors (Lipinski definition) is 0. The van der Waals surface area contributed by atoms with Gasteiger partial charge in [0.25, 0.3) is 0 Å². The van der Waals surface area contributed by atoms with Gasteiger partial charge in [-0.3, -0.25) is 4.98 Å². The van der Waals surface area contributed by atoms with Crippen LogP contribution in [0.2, 0.25) is 0 Å². The first-order valence-electron chi connectivity index (χ1n) is 10.7. The molecule has 3 heterocycles. The standard InChI is InChI=1S/C27H23N5/c1-16-11-20-5-6-21(13-23(20)28-15-16)27-30-22-9-7-19(14-26(22)32(27)4)18-8-10-25-24(12-18)29-17(2)31(25)3/h5-15H,1-4H3. The topological polar surface area (TPSA) is 48.5 Å². The highest BCUT2D eigenvalue weighted by Crippen LogP contribution is 2.31. The van der Waals surface area contributed by atoms with E-state index in [1.54, 1.807) is 0 Å². The number of pyridine rings is 1. The summed E-state index contributed by atoms with van der Waals surface area (Å²) in [6, 6.07) is 21.5. The van der Waals surface area contributed by atoms with Gasteiger partial charge in [0, 0.05) is 31.2 Å². The Morgan fingerprint density at radius 2 is 1.38 bits per heavy atom. The quantitative estimate of drug-likeness (QED) is 0.349. The third-order valence-corrected chi connectivity index (χ3v) is 6.40. The monoisotopic (exact) mass is 417 g/mol. The molecular formula is C27H23N5. The summed E-state index contributed by atoms with van der Waals surface area (Å²) in [4.78, 5) is 14.2. The minimum atomic E-state index is 0.942. The number of hydrogen-bond acceptors (Lipinski definition) is 3. The highest BCUT2D eigenvalue weighted by atomic mass is 15.1. The van der Waals surface area contributed by atoms with Gasteiger partial charge in [0.15, 0.2) is 0 Å². The molecule has 0 aliphatic heterocycles. The summed E-state index contributed by atoms with van der Waals surface area (Å²) >= 11 is 0. The lowest BCUT2D eigenvalue weighted by molar-refractivity contribution is 0.886. The Hall–Kier alpha value is -3.99. The molecule has 0 aliphatic carbocycles. The van der Waals surface area contributed by atoms with Crippen molar-refractivity contribution in [3.8, 4) is 22.5 Å². The zero-order valence-corrected chi connectivity index (χ0v) is 18.6. The summed E-state index contributed by atoms with van der Waals surface area (Å²) in [6.45, 7) is 4.10. The van der Waals surface area contributed by atoms with Crippen molar-refractivity contribution >= 4 is 33.0 Å². The van der Waals surface area contributed by atoms with E-state index in [1.807, 2.05) is 13.1 Å². The van der Waals surface area contributed by atoms with Crippen LogP contribution in [0.4, 0.5) is 0 Å². The fourth-order valence-corrected chi connectivity index (χ4v) is 4.50. The molecule has 0 spiro atoms. The number of benzene rings is 3. The average Bonchev–Trinajstić information content (AvgIpc) is 3.28. The summed E-state index contributed by atoms with van der Waals surface area (Å²) in [5.74, 6) is 1.96. The molecule has 0 radical (unpaired) electrons. The van der Waals surface area contributed by atoms with E-state index < -0.39 is 0 Å². The maximum Gasteiger partial charge on any atom is 0.140 e. The van der Waals surface area contributed by atoms with E-state index in [9.17, 15) is 0 Å². The maximum absolute atomic E-state index is 4.93. The van der Waals surface area contributed by atoms with Crippen LogP contribution in [0, 0.1) is 13.8 Å². The summed E-state index contributed by atoms with van der Waals surface area (Å²) in [7, 11) is 4.13. The molecule has 0 aliphatic rings. The average molecular weight is 418 g/mol. The van der Waals surface area contributed by atoms with Gasteiger partial charge >= 0.3 is 0 Å². The number of imidazole rings is 2.